The van der Waals surface area contributed by atoms with Crippen LogP contribution in [0.2, 0.25) is 5.15 Å². The molecule has 0 bridgehead atoms. The van der Waals surface area contributed by atoms with Crippen LogP contribution in [0, 0.1) is 17.5 Å². The van der Waals surface area contributed by atoms with E-state index in [9.17, 15) is 13.2 Å². The zero-order valence-corrected chi connectivity index (χ0v) is 10.9. The van der Waals surface area contributed by atoms with Crippen LogP contribution >= 0.6 is 11.6 Å². The monoisotopic (exact) mass is 285 g/mol. The van der Waals surface area contributed by atoms with Crippen LogP contribution in [0.4, 0.5) is 13.2 Å². The first-order valence-electron chi connectivity index (χ1n) is 5.73. The van der Waals surface area contributed by atoms with Crippen LogP contribution < -0.4 is 0 Å². The molecule has 1 aromatic heterocycles. The highest BCUT2D eigenvalue weighted by atomic mass is 35.5. The molecule has 1 unspecified atom stereocenters. The first kappa shape index (κ1) is 13.9. The van der Waals surface area contributed by atoms with Gasteiger partial charge < -0.3 is 0 Å². The molecule has 19 heavy (non-hydrogen) atoms. The van der Waals surface area contributed by atoms with Gasteiger partial charge in [-0.25, -0.2) is 18.2 Å². The zero-order chi connectivity index (χ0) is 14.0. The number of rotatable bonds is 3. The van der Waals surface area contributed by atoms with E-state index in [0.717, 1.165) is 6.07 Å². The fraction of sp³-hybridized carbons (Fsp3) is 0.214. The molecule has 5 heteroatoms. The molecule has 2 aromatic rings. The molecule has 0 amide bonds. The van der Waals surface area contributed by atoms with Crippen LogP contribution in [-0.2, 0) is 6.42 Å². The van der Waals surface area contributed by atoms with Crippen molar-refractivity contribution in [3.8, 4) is 0 Å². The van der Waals surface area contributed by atoms with E-state index in [2.05, 4.69) is 4.98 Å². The summed E-state index contributed by atoms with van der Waals surface area (Å²) < 4.78 is 40.1. The van der Waals surface area contributed by atoms with Crippen molar-refractivity contribution >= 4 is 11.6 Å². The van der Waals surface area contributed by atoms with Crippen molar-refractivity contribution in [1.29, 1.82) is 0 Å². The van der Waals surface area contributed by atoms with E-state index in [0.29, 0.717) is 11.1 Å². The molecule has 0 N–H and O–H groups in total. The molecule has 1 nitrogen and oxygen atoms in total. The molecular weight excluding hydrogens is 275 g/mol. The maximum absolute atomic E-state index is 13.8. The van der Waals surface area contributed by atoms with Crippen molar-refractivity contribution in [1.82, 2.24) is 4.98 Å². The van der Waals surface area contributed by atoms with Gasteiger partial charge in [-0.05, 0) is 35.6 Å². The summed E-state index contributed by atoms with van der Waals surface area (Å²) in [6.07, 6.45) is 1.65. The molecule has 1 heterocycles. The van der Waals surface area contributed by atoms with Crippen LogP contribution in [-0.4, -0.2) is 4.98 Å². The van der Waals surface area contributed by atoms with Gasteiger partial charge in [-0.15, -0.1) is 0 Å². The Morgan fingerprint density at radius 3 is 2.63 bits per heavy atom. The number of pyridine rings is 1. The van der Waals surface area contributed by atoms with E-state index in [1.807, 2.05) is 0 Å². The molecular formula is C14H11ClF3N. The minimum absolute atomic E-state index is 0.205. The summed E-state index contributed by atoms with van der Waals surface area (Å²) in [4.78, 5) is 3.62. The first-order chi connectivity index (χ1) is 8.99. The smallest absolute Gasteiger partial charge is 0.165 e. The van der Waals surface area contributed by atoms with Crippen LogP contribution in [0.3, 0.4) is 0 Å². The number of nitrogens with zero attached hydrogens (tertiary/aromatic N) is 1. The average molecular weight is 286 g/mol. The summed E-state index contributed by atoms with van der Waals surface area (Å²) in [5.41, 5.74) is 0.699. The standard InChI is InChI=1S/C14H11ClF3N/c1-8(11-4-5-19-14(15)13(11)18)6-9-2-3-10(16)7-12(9)17/h2-5,7-8H,6H2,1H3. The van der Waals surface area contributed by atoms with Crippen molar-refractivity contribution in [2.75, 3.05) is 0 Å². The second kappa shape index (κ2) is 5.61. The second-order valence-electron chi connectivity index (χ2n) is 4.35. The average Bonchev–Trinajstić information content (AvgIpc) is 2.36. The molecule has 0 saturated heterocycles. The van der Waals surface area contributed by atoms with Gasteiger partial charge in [0.15, 0.2) is 11.0 Å². The lowest BCUT2D eigenvalue weighted by Crippen LogP contribution is -2.04. The lowest BCUT2D eigenvalue weighted by Gasteiger charge is -2.13. The van der Waals surface area contributed by atoms with Gasteiger partial charge in [-0.3, -0.25) is 0 Å². The lowest BCUT2D eigenvalue weighted by molar-refractivity contribution is 0.554. The Kier molecular flexibility index (Phi) is 4.10. The molecule has 0 saturated carbocycles. The van der Waals surface area contributed by atoms with E-state index in [-0.39, 0.29) is 17.5 Å². The van der Waals surface area contributed by atoms with E-state index < -0.39 is 17.5 Å². The van der Waals surface area contributed by atoms with Crippen molar-refractivity contribution in [2.24, 2.45) is 0 Å². The Hall–Kier alpha value is -1.55. The van der Waals surface area contributed by atoms with Gasteiger partial charge in [0.2, 0.25) is 0 Å². The van der Waals surface area contributed by atoms with Crippen molar-refractivity contribution in [2.45, 2.75) is 19.3 Å². The molecule has 0 aliphatic carbocycles. The van der Waals surface area contributed by atoms with E-state index in [4.69, 9.17) is 11.6 Å². The quantitative estimate of drug-likeness (QED) is 0.757. The minimum atomic E-state index is -0.632. The summed E-state index contributed by atoms with van der Waals surface area (Å²) in [7, 11) is 0. The zero-order valence-electron chi connectivity index (χ0n) is 10.1. The minimum Gasteiger partial charge on any atom is -0.242 e. The third-order valence-electron chi connectivity index (χ3n) is 2.95. The topological polar surface area (TPSA) is 12.9 Å². The molecule has 1 atom stereocenters. The van der Waals surface area contributed by atoms with E-state index in [1.165, 1.54) is 24.4 Å². The highest BCUT2D eigenvalue weighted by Crippen LogP contribution is 2.26. The fourth-order valence-corrected chi connectivity index (χ4v) is 2.11. The summed E-state index contributed by atoms with van der Waals surface area (Å²) in [5.74, 6) is -2.15. The highest BCUT2D eigenvalue weighted by Gasteiger charge is 2.16. The summed E-state index contributed by atoms with van der Waals surface area (Å²) in [6, 6.07) is 4.87. The molecule has 0 aliphatic heterocycles. The van der Waals surface area contributed by atoms with Crippen molar-refractivity contribution in [3.05, 3.63) is 64.2 Å². The highest BCUT2D eigenvalue weighted by molar-refractivity contribution is 6.29. The van der Waals surface area contributed by atoms with Gasteiger partial charge in [0.05, 0.1) is 0 Å². The van der Waals surface area contributed by atoms with Gasteiger partial charge in [-0.2, -0.15) is 0 Å². The Morgan fingerprint density at radius 2 is 1.95 bits per heavy atom. The van der Waals surface area contributed by atoms with Gasteiger partial charge in [0, 0.05) is 12.3 Å². The molecule has 0 radical (unpaired) electrons. The summed E-state index contributed by atoms with van der Waals surface area (Å²) in [5, 5.41) is -0.205. The molecule has 0 spiro atoms. The number of aromatic nitrogens is 1. The SMILES string of the molecule is CC(Cc1ccc(F)cc1F)c1ccnc(Cl)c1F. The third-order valence-corrected chi connectivity index (χ3v) is 3.21. The summed E-state index contributed by atoms with van der Waals surface area (Å²) >= 11 is 5.60. The Bertz CT molecular complexity index is 601. The largest absolute Gasteiger partial charge is 0.242 e. The normalized spacial score (nSPS) is 12.5. The van der Waals surface area contributed by atoms with Gasteiger partial charge in [0.25, 0.3) is 0 Å². The summed E-state index contributed by atoms with van der Waals surface area (Å²) in [6.45, 7) is 1.75. The third kappa shape index (κ3) is 3.07. The van der Waals surface area contributed by atoms with Crippen LogP contribution in [0.25, 0.3) is 0 Å². The molecule has 0 fully saturated rings. The number of hydrogen-bond donors (Lipinski definition) is 0. The molecule has 100 valence electrons. The maximum atomic E-state index is 13.8. The fourth-order valence-electron chi connectivity index (χ4n) is 1.94. The number of halogens is 4. The molecule has 1 aromatic carbocycles. The van der Waals surface area contributed by atoms with Crippen LogP contribution in [0.5, 0.6) is 0 Å². The maximum Gasteiger partial charge on any atom is 0.165 e. The number of hydrogen-bond acceptors (Lipinski definition) is 1. The Morgan fingerprint density at radius 1 is 1.21 bits per heavy atom. The first-order valence-corrected chi connectivity index (χ1v) is 6.10. The van der Waals surface area contributed by atoms with Crippen molar-refractivity contribution in [3.63, 3.8) is 0 Å². The Labute approximate surface area is 114 Å². The van der Waals surface area contributed by atoms with Crippen LogP contribution in [0.15, 0.2) is 30.5 Å². The second-order valence-corrected chi connectivity index (χ2v) is 4.70. The van der Waals surface area contributed by atoms with Crippen LogP contribution in [0.1, 0.15) is 24.0 Å². The lowest BCUT2D eigenvalue weighted by atomic mass is 9.94. The predicted octanol–water partition coefficient (Wildman–Crippen LogP) is 4.50. The van der Waals surface area contributed by atoms with E-state index >= 15 is 0 Å². The molecule has 0 aliphatic rings. The molecule has 2 rings (SSSR count). The van der Waals surface area contributed by atoms with Crippen molar-refractivity contribution < 1.29 is 13.2 Å². The van der Waals surface area contributed by atoms with Gasteiger partial charge in [-0.1, -0.05) is 24.6 Å². The van der Waals surface area contributed by atoms with Gasteiger partial charge in [0.1, 0.15) is 11.6 Å². The predicted molar refractivity (Wildman–Crippen MR) is 67.7 cm³/mol. The van der Waals surface area contributed by atoms with E-state index in [1.54, 1.807) is 6.92 Å². The van der Waals surface area contributed by atoms with Gasteiger partial charge >= 0.3 is 0 Å². The number of benzene rings is 1. The Balaban J connectivity index is 2.25.